The second-order valence-electron chi connectivity index (χ2n) is 8.04. The van der Waals surface area contributed by atoms with E-state index in [1.165, 1.54) is 18.2 Å². The molecule has 0 bridgehead atoms. The molecule has 178 valence electrons. The van der Waals surface area contributed by atoms with Crippen molar-refractivity contribution in [1.29, 1.82) is 0 Å². The highest BCUT2D eigenvalue weighted by Crippen LogP contribution is 2.36. The molecular weight excluding hydrogens is 512 g/mol. The summed E-state index contributed by atoms with van der Waals surface area (Å²) in [6.45, 7) is 4.33. The third kappa shape index (κ3) is 6.22. The van der Waals surface area contributed by atoms with Gasteiger partial charge in [0.1, 0.15) is 0 Å². The van der Waals surface area contributed by atoms with E-state index in [1.54, 1.807) is 6.08 Å². The standard InChI is InChI=1S/C22H23Cl4N3O4/c1-10-14(25)4-5-15(26)17(20(30)28-10)19(22(32)33)18(16-3-2-6-27-16)21(31)29-13-8-11(23)7-12(24)9-13/h4,7-9,15-19,27H,1-3,5-6H2,(H,28,30)(H,29,31)(H,32,33)/t15?,16-,17?,18+,19-/m1/s1. The molecule has 0 aromatic heterocycles. The monoisotopic (exact) mass is 533 g/mol. The van der Waals surface area contributed by atoms with E-state index in [9.17, 15) is 19.5 Å². The smallest absolute Gasteiger partial charge is 0.308 e. The summed E-state index contributed by atoms with van der Waals surface area (Å²) in [5.74, 6) is -6.28. The highest BCUT2D eigenvalue weighted by molar-refractivity contribution is 6.35. The molecule has 7 nitrogen and oxygen atoms in total. The van der Waals surface area contributed by atoms with Crippen LogP contribution in [0.2, 0.25) is 10.0 Å². The predicted molar refractivity (Wildman–Crippen MR) is 130 cm³/mol. The van der Waals surface area contributed by atoms with E-state index in [2.05, 4.69) is 22.5 Å². The maximum atomic E-state index is 13.5. The molecule has 2 aliphatic rings. The molecule has 0 radical (unpaired) electrons. The average Bonchev–Trinajstić information content (AvgIpc) is 3.24. The summed E-state index contributed by atoms with van der Waals surface area (Å²) < 4.78 is 0. The largest absolute Gasteiger partial charge is 0.481 e. The van der Waals surface area contributed by atoms with Crippen molar-refractivity contribution in [1.82, 2.24) is 10.6 Å². The zero-order valence-corrected chi connectivity index (χ0v) is 20.4. The normalized spacial score (nSPS) is 25.3. The molecule has 2 heterocycles. The number of carbonyl (C=O) groups is 3. The number of carboxylic acids is 1. The summed E-state index contributed by atoms with van der Waals surface area (Å²) in [4.78, 5) is 39.1. The SMILES string of the molecule is C=C1NC(=O)C([C@@H](C(=O)O)[C@@H](C(=O)Nc2cc(Cl)cc(Cl)c2)[C@H]2CCCN2)C(Cl)CC=C1Cl. The highest BCUT2D eigenvalue weighted by Gasteiger charge is 2.49. The molecule has 2 amide bonds. The van der Waals surface area contributed by atoms with Crippen LogP contribution in [0.15, 0.2) is 41.6 Å². The zero-order chi connectivity index (χ0) is 24.3. The summed E-state index contributed by atoms with van der Waals surface area (Å²) in [6, 6.07) is 4.05. The number of carbonyl (C=O) groups excluding carboxylic acids is 2. The van der Waals surface area contributed by atoms with Gasteiger partial charge in [0.25, 0.3) is 0 Å². The van der Waals surface area contributed by atoms with Gasteiger partial charge in [0.2, 0.25) is 11.8 Å². The number of alkyl halides is 1. The molecular formula is C22H23Cl4N3O4. The number of rotatable bonds is 6. The van der Waals surface area contributed by atoms with Crippen LogP contribution in [0.5, 0.6) is 0 Å². The van der Waals surface area contributed by atoms with E-state index in [-0.39, 0.29) is 17.2 Å². The van der Waals surface area contributed by atoms with Crippen molar-refractivity contribution < 1.29 is 19.5 Å². The van der Waals surface area contributed by atoms with Gasteiger partial charge in [-0.1, -0.05) is 47.5 Å². The fourth-order valence-electron chi connectivity index (χ4n) is 4.33. The Balaban J connectivity index is 2.00. The molecule has 1 aromatic carbocycles. The average molecular weight is 535 g/mol. The van der Waals surface area contributed by atoms with Gasteiger partial charge in [-0.3, -0.25) is 14.4 Å². The number of hydrogen-bond acceptors (Lipinski definition) is 4. The summed E-state index contributed by atoms with van der Waals surface area (Å²) >= 11 is 24.7. The van der Waals surface area contributed by atoms with Gasteiger partial charge in [0.15, 0.2) is 0 Å². The number of allylic oxidation sites excluding steroid dienone is 2. The Morgan fingerprint density at radius 3 is 2.39 bits per heavy atom. The summed E-state index contributed by atoms with van der Waals surface area (Å²) in [5.41, 5.74) is 0.463. The summed E-state index contributed by atoms with van der Waals surface area (Å²) in [6.07, 6.45) is 3.04. The lowest BCUT2D eigenvalue weighted by Crippen LogP contribution is -2.53. The van der Waals surface area contributed by atoms with Crippen LogP contribution in [0.4, 0.5) is 5.69 Å². The lowest BCUT2D eigenvalue weighted by Gasteiger charge is -2.35. The molecule has 4 N–H and O–H groups in total. The minimum Gasteiger partial charge on any atom is -0.481 e. The Morgan fingerprint density at radius 1 is 1.15 bits per heavy atom. The van der Waals surface area contributed by atoms with Gasteiger partial charge in [-0.2, -0.15) is 0 Å². The molecule has 5 atom stereocenters. The number of anilines is 1. The quantitative estimate of drug-likeness (QED) is 0.405. The first-order valence-corrected chi connectivity index (χ1v) is 11.9. The van der Waals surface area contributed by atoms with E-state index < -0.39 is 47.0 Å². The Morgan fingerprint density at radius 2 is 1.82 bits per heavy atom. The van der Waals surface area contributed by atoms with Gasteiger partial charge in [-0.05, 0) is 44.0 Å². The van der Waals surface area contributed by atoms with Crippen molar-refractivity contribution in [2.75, 3.05) is 11.9 Å². The molecule has 2 aliphatic heterocycles. The summed E-state index contributed by atoms with van der Waals surface area (Å²) in [7, 11) is 0. The van der Waals surface area contributed by atoms with E-state index >= 15 is 0 Å². The number of hydrogen-bond donors (Lipinski definition) is 4. The van der Waals surface area contributed by atoms with Gasteiger partial charge in [0.05, 0.1) is 28.5 Å². The number of amides is 2. The molecule has 1 aromatic rings. The van der Waals surface area contributed by atoms with Crippen molar-refractivity contribution in [3.63, 3.8) is 0 Å². The number of benzene rings is 1. The van der Waals surface area contributed by atoms with E-state index in [4.69, 9.17) is 46.4 Å². The second-order valence-corrected chi connectivity index (χ2v) is 9.88. The molecule has 33 heavy (non-hydrogen) atoms. The second kappa shape index (κ2) is 11.1. The van der Waals surface area contributed by atoms with Gasteiger partial charge in [0, 0.05) is 27.2 Å². The zero-order valence-electron chi connectivity index (χ0n) is 17.4. The Kier molecular flexibility index (Phi) is 8.70. The molecule has 0 spiro atoms. The fourth-order valence-corrected chi connectivity index (χ4v) is 5.35. The number of nitrogens with one attached hydrogen (secondary N) is 3. The maximum absolute atomic E-state index is 13.5. The van der Waals surface area contributed by atoms with Crippen molar-refractivity contribution >= 4 is 69.9 Å². The highest BCUT2D eigenvalue weighted by atomic mass is 35.5. The molecule has 3 rings (SSSR count). The van der Waals surface area contributed by atoms with Gasteiger partial charge in [-0.25, -0.2) is 0 Å². The fraction of sp³-hybridized carbons (Fsp3) is 0.409. The van der Waals surface area contributed by atoms with Crippen LogP contribution in [0.3, 0.4) is 0 Å². The molecule has 11 heteroatoms. The topological polar surface area (TPSA) is 108 Å². The third-order valence-corrected chi connectivity index (χ3v) is 7.07. The van der Waals surface area contributed by atoms with Crippen LogP contribution >= 0.6 is 46.4 Å². The Labute approximate surface area is 211 Å². The van der Waals surface area contributed by atoms with Crippen LogP contribution in [0.25, 0.3) is 0 Å². The molecule has 0 saturated carbocycles. The predicted octanol–water partition coefficient (Wildman–Crippen LogP) is 4.38. The molecule has 0 aliphatic carbocycles. The van der Waals surface area contributed by atoms with Crippen LogP contribution in [0, 0.1) is 17.8 Å². The van der Waals surface area contributed by atoms with Gasteiger partial charge < -0.3 is 21.1 Å². The number of halogens is 4. The van der Waals surface area contributed by atoms with Crippen molar-refractivity contribution in [3.05, 3.63) is 51.6 Å². The van der Waals surface area contributed by atoms with Gasteiger partial charge in [-0.15, -0.1) is 11.6 Å². The molecule has 2 unspecified atom stereocenters. The number of carboxylic acid groups (broad SMARTS) is 1. The first kappa shape index (κ1) is 25.8. The first-order chi connectivity index (χ1) is 15.6. The van der Waals surface area contributed by atoms with Crippen LogP contribution in [-0.4, -0.2) is 40.9 Å². The van der Waals surface area contributed by atoms with Gasteiger partial charge >= 0.3 is 5.97 Å². The van der Waals surface area contributed by atoms with Crippen molar-refractivity contribution in [2.24, 2.45) is 17.8 Å². The minimum atomic E-state index is -1.42. The van der Waals surface area contributed by atoms with Crippen molar-refractivity contribution in [3.8, 4) is 0 Å². The lowest BCUT2D eigenvalue weighted by molar-refractivity contribution is -0.152. The third-order valence-electron chi connectivity index (χ3n) is 5.80. The molecule has 1 fully saturated rings. The Hall–Kier alpha value is -1.77. The maximum Gasteiger partial charge on any atom is 0.308 e. The summed E-state index contributed by atoms with van der Waals surface area (Å²) in [5, 5.41) is 18.6. The van der Waals surface area contributed by atoms with E-state index in [1.807, 2.05) is 0 Å². The number of aliphatic carboxylic acids is 1. The lowest BCUT2D eigenvalue weighted by atomic mass is 9.73. The van der Waals surface area contributed by atoms with E-state index in [0.717, 1.165) is 6.42 Å². The minimum absolute atomic E-state index is 0.137. The molecule has 1 saturated heterocycles. The first-order valence-electron chi connectivity index (χ1n) is 10.3. The Bertz CT molecular complexity index is 974. The van der Waals surface area contributed by atoms with Crippen LogP contribution in [-0.2, 0) is 14.4 Å². The van der Waals surface area contributed by atoms with Crippen molar-refractivity contribution in [2.45, 2.75) is 30.7 Å². The van der Waals surface area contributed by atoms with Crippen LogP contribution in [0.1, 0.15) is 19.3 Å². The van der Waals surface area contributed by atoms with E-state index in [0.29, 0.717) is 28.7 Å². The van der Waals surface area contributed by atoms with Crippen LogP contribution < -0.4 is 16.0 Å².